The van der Waals surface area contributed by atoms with Crippen molar-refractivity contribution >= 4 is 5.91 Å². The zero-order chi connectivity index (χ0) is 42.4. The van der Waals surface area contributed by atoms with Crippen LogP contribution in [0.5, 0.6) is 0 Å². The third-order valence-corrected chi connectivity index (χ3v) is 12.5. The van der Waals surface area contributed by atoms with Gasteiger partial charge in [0.1, 0.15) is 12.2 Å². The van der Waals surface area contributed by atoms with Gasteiger partial charge < -0.3 is 25.7 Å². The van der Waals surface area contributed by atoms with Gasteiger partial charge in [-0.2, -0.15) is 0 Å². The number of carbonyl (C=O) groups is 1. The number of rotatable bonds is 48. The Morgan fingerprint density at radius 3 is 1.02 bits per heavy atom. The quantitative estimate of drug-likeness (QED) is 0.0310. The molecule has 0 aromatic carbocycles. The molecule has 1 amide bonds. The zero-order valence-electron chi connectivity index (χ0n) is 39.1. The van der Waals surface area contributed by atoms with E-state index in [-0.39, 0.29) is 0 Å². The first kappa shape index (κ1) is 57.1. The first-order valence-electron chi connectivity index (χ1n) is 26.1. The highest BCUT2D eigenvalue weighted by atomic mass is 16.3. The number of unbranched alkanes of at least 4 members (excludes halogenated alkanes) is 37. The van der Waals surface area contributed by atoms with Crippen LogP contribution in [0.2, 0.25) is 0 Å². The minimum absolute atomic E-state index is 0.341. The Balaban J connectivity index is 3.55. The topological polar surface area (TPSA) is 110 Å². The van der Waals surface area contributed by atoms with E-state index in [9.17, 15) is 25.2 Å². The van der Waals surface area contributed by atoms with Gasteiger partial charge in [-0.05, 0) is 38.5 Å². The minimum Gasteiger partial charge on any atom is -0.394 e. The normalized spacial score (nSPS) is 14.0. The standard InChI is InChI=1S/C52H103NO5/c1-3-5-7-9-11-13-15-17-18-19-20-21-22-23-24-25-26-27-28-29-30-31-32-33-34-36-37-39-41-43-45-49(55)51(57)48(47-54)53-52(58)50(56)46-44-42-40-38-35-16-14-12-10-8-6-4-2/h35,38,48-51,54-57H,3-34,36-37,39-47H2,1-2H3,(H,53,58)/b38-35-. The van der Waals surface area contributed by atoms with Crippen molar-refractivity contribution in [2.75, 3.05) is 6.61 Å². The van der Waals surface area contributed by atoms with E-state index in [0.29, 0.717) is 12.8 Å². The van der Waals surface area contributed by atoms with Crippen LogP contribution >= 0.6 is 0 Å². The van der Waals surface area contributed by atoms with Crippen molar-refractivity contribution in [2.45, 2.75) is 308 Å². The van der Waals surface area contributed by atoms with Crippen LogP contribution in [0.1, 0.15) is 284 Å². The monoisotopic (exact) mass is 822 g/mol. The van der Waals surface area contributed by atoms with Crippen LogP contribution in [0.3, 0.4) is 0 Å². The average Bonchev–Trinajstić information content (AvgIpc) is 3.23. The SMILES string of the molecule is CCCCCCCC/C=C\CCCCC(O)C(=O)NC(CO)C(O)C(O)CCCCCCCCCCCCCCCCCCCCCCCCCCCCCCCC. The van der Waals surface area contributed by atoms with Crippen LogP contribution in [0.4, 0.5) is 0 Å². The van der Waals surface area contributed by atoms with E-state index < -0.39 is 36.9 Å². The Morgan fingerprint density at radius 2 is 0.690 bits per heavy atom. The molecule has 0 aliphatic carbocycles. The molecule has 4 unspecified atom stereocenters. The Labute approximate surface area is 362 Å². The number of aliphatic hydroxyl groups is 4. The lowest BCUT2D eigenvalue weighted by atomic mass is 9.99. The molecule has 0 rings (SSSR count). The molecule has 0 fully saturated rings. The Bertz CT molecular complexity index is 837. The van der Waals surface area contributed by atoms with Crippen LogP contribution in [-0.2, 0) is 4.79 Å². The lowest BCUT2D eigenvalue weighted by molar-refractivity contribution is -0.132. The van der Waals surface area contributed by atoms with Crippen molar-refractivity contribution in [2.24, 2.45) is 0 Å². The summed E-state index contributed by atoms with van der Waals surface area (Å²) in [5.74, 6) is -0.597. The molecular weight excluding hydrogens is 719 g/mol. The fourth-order valence-electron chi connectivity index (χ4n) is 8.34. The molecule has 0 aromatic heterocycles. The van der Waals surface area contributed by atoms with Gasteiger partial charge in [0.15, 0.2) is 0 Å². The van der Waals surface area contributed by atoms with E-state index in [2.05, 4.69) is 31.3 Å². The molecule has 346 valence electrons. The van der Waals surface area contributed by atoms with Gasteiger partial charge in [-0.25, -0.2) is 0 Å². The van der Waals surface area contributed by atoms with Crippen LogP contribution in [0.15, 0.2) is 12.2 Å². The zero-order valence-corrected chi connectivity index (χ0v) is 39.1. The molecule has 0 aliphatic heterocycles. The van der Waals surface area contributed by atoms with Gasteiger partial charge in [0.25, 0.3) is 0 Å². The van der Waals surface area contributed by atoms with Crippen molar-refractivity contribution in [3.05, 3.63) is 12.2 Å². The number of aliphatic hydroxyl groups excluding tert-OH is 4. The van der Waals surface area contributed by atoms with Crippen LogP contribution in [0.25, 0.3) is 0 Å². The van der Waals surface area contributed by atoms with Gasteiger partial charge >= 0.3 is 0 Å². The largest absolute Gasteiger partial charge is 0.394 e. The lowest BCUT2D eigenvalue weighted by Crippen LogP contribution is -2.53. The molecule has 58 heavy (non-hydrogen) atoms. The van der Waals surface area contributed by atoms with Crippen molar-refractivity contribution in [1.82, 2.24) is 5.32 Å². The van der Waals surface area contributed by atoms with Crippen molar-refractivity contribution in [1.29, 1.82) is 0 Å². The number of nitrogens with one attached hydrogen (secondary N) is 1. The van der Waals surface area contributed by atoms with Crippen LogP contribution in [-0.4, -0.2) is 57.3 Å². The Hall–Kier alpha value is -0.950. The Kier molecular flexibility index (Phi) is 46.3. The molecule has 6 heteroatoms. The summed E-state index contributed by atoms with van der Waals surface area (Å²) >= 11 is 0. The summed E-state index contributed by atoms with van der Waals surface area (Å²) in [6, 6.07) is -0.990. The van der Waals surface area contributed by atoms with E-state index >= 15 is 0 Å². The van der Waals surface area contributed by atoms with Gasteiger partial charge in [-0.15, -0.1) is 0 Å². The third-order valence-electron chi connectivity index (χ3n) is 12.5. The van der Waals surface area contributed by atoms with Crippen LogP contribution < -0.4 is 5.32 Å². The molecule has 0 saturated carbocycles. The van der Waals surface area contributed by atoms with E-state index in [0.717, 1.165) is 44.9 Å². The van der Waals surface area contributed by atoms with Gasteiger partial charge in [-0.1, -0.05) is 257 Å². The summed E-state index contributed by atoms with van der Waals surface area (Å²) in [5, 5.41) is 43.7. The second-order valence-corrected chi connectivity index (χ2v) is 18.2. The maximum atomic E-state index is 12.5. The maximum absolute atomic E-state index is 12.5. The summed E-state index contributed by atoms with van der Waals surface area (Å²) < 4.78 is 0. The van der Waals surface area contributed by atoms with E-state index in [1.807, 2.05) is 0 Å². The van der Waals surface area contributed by atoms with Crippen molar-refractivity contribution in [3.63, 3.8) is 0 Å². The van der Waals surface area contributed by atoms with Gasteiger partial charge in [0.2, 0.25) is 5.91 Å². The van der Waals surface area contributed by atoms with Gasteiger partial charge in [0.05, 0.1) is 18.8 Å². The van der Waals surface area contributed by atoms with Gasteiger partial charge in [0, 0.05) is 0 Å². The van der Waals surface area contributed by atoms with Crippen LogP contribution in [0, 0.1) is 0 Å². The van der Waals surface area contributed by atoms with E-state index in [1.165, 1.54) is 212 Å². The second-order valence-electron chi connectivity index (χ2n) is 18.2. The third kappa shape index (κ3) is 40.5. The molecule has 0 heterocycles. The summed E-state index contributed by atoms with van der Waals surface area (Å²) in [6.45, 7) is 4.05. The molecule has 0 aromatic rings. The summed E-state index contributed by atoms with van der Waals surface area (Å²) in [4.78, 5) is 12.5. The fraction of sp³-hybridized carbons (Fsp3) is 0.942. The molecule has 0 saturated heterocycles. The predicted molar refractivity (Wildman–Crippen MR) is 251 cm³/mol. The molecule has 4 atom stereocenters. The smallest absolute Gasteiger partial charge is 0.249 e. The highest BCUT2D eigenvalue weighted by Gasteiger charge is 2.28. The van der Waals surface area contributed by atoms with E-state index in [1.54, 1.807) is 0 Å². The molecule has 0 radical (unpaired) electrons. The minimum atomic E-state index is -1.26. The maximum Gasteiger partial charge on any atom is 0.249 e. The molecule has 0 bridgehead atoms. The first-order chi connectivity index (χ1) is 28.5. The molecule has 5 N–H and O–H groups in total. The summed E-state index contributed by atoms with van der Waals surface area (Å²) in [5.41, 5.74) is 0. The predicted octanol–water partition coefficient (Wildman–Crippen LogP) is 14.5. The summed E-state index contributed by atoms with van der Waals surface area (Å²) in [7, 11) is 0. The van der Waals surface area contributed by atoms with Crippen molar-refractivity contribution < 1.29 is 25.2 Å². The highest BCUT2D eigenvalue weighted by molar-refractivity contribution is 5.80. The summed E-state index contributed by atoms with van der Waals surface area (Å²) in [6.07, 6.45) is 54.3. The molecule has 0 aliphatic rings. The van der Waals surface area contributed by atoms with Crippen molar-refractivity contribution in [3.8, 4) is 0 Å². The lowest BCUT2D eigenvalue weighted by Gasteiger charge is -2.27. The highest BCUT2D eigenvalue weighted by Crippen LogP contribution is 2.18. The first-order valence-corrected chi connectivity index (χ1v) is 26.1. The van der Waals surface area contributed by atoms with E-state index in [4.69, 9.17) is 0 Å². The van der Waals surface area contributed by atoms with Gasteiger partial charge in [-0.3, -0.25) is 4.79 Å². The number of hydrogen-bond donors (Lipinski definition) is 5. The number of allylic oxidation sites excluding steroid dienone is 2. The molecular formula is C52H103NO5. The molecule has 0 spiro atoms. The molecule has 6 nitrogen and oxygen atoms in total. The second kappa shape index (κ2) is 47.1. The number of hydrogen-bond acceptors (Lipinski definition) is 5. The Morgan fingerprint density at radius 1 is 0.414 bits per heavy atom. The number of carbonyl (C=O) groups excluding carboxylic acids is 1. The number of amides is 1. The fourth-order valence-corrected chi connectivity index (χ4v) is 8.34. The average molecular weight is 822 g/mol.